The third kappa shape index (κ3) is 1.60. The second kappa shape index (κ2) is 3.68. The Morgan fingerprint density at radius 3 is 2.25 bits per heavy atom. The number of hydrogen-bond acceptors (Lipinski definition) is 5. The highest BCUT2D eigenvalue weighted by Crippen LogP contribution is 2.21. The predicted octanol–water partition coefficient (Wildman–Crippen LogP) is -1.54. The summed E-state index contributed by atoms with van der Waals surface area (Å²) in [4.78, 5) is 0. The average molecular weight is 178 g/mol. The van der Waals surface area contributed by atoms with Gasteiger partial charge < -0.3 is 24.8 Å². The predicted molar refractivity (Wildman–Crippen MR) is 39.4 cm³/mol. The van der Waals surface area contributed by atoms with Crippen LogP contribution in [0.3, 0.4) is 0 Å². The van der Waals surface area contributed by atoms with Crippen molar-refractivity contribution in [3.63, 3.8) is 0 Å². The van der Waals surface area contributed by atoms with E-state index in [1.165, 1.54) is 7.11 Å². The second-order valence-corrected chi connectivity index (χ2v) is 2.91. The fraction of sp³-hybridized carbons (Fsp3) is 1.00. The molecule has 5 heteroatoms. The van der Waals surface area contributed by atoms with Gasteiger partial charge in [0.25, 0.3) is 0 Å². The van der Waals surface area contributed by atoms with Crippen molar-refractivity contribution in [2.75, 3.05) is 7.11 Å². The topological polar surface area (TPSA) is 79.2 Å². The average Bonchev–Trinajstić information content (AvgIpc) is 2.02. The maximum absolute atomic E-state index is 9.40. The summed E-state index contributed by atoms with van der Waals surface area (Å²) in [5.74, 6) is 0. The van der Waals surface area contributed by atoms with Gasteiger partial charge in [0.05, 0.1) is 6.10 Å². The van der Waals surface area contributed by atoms with Crippen molar-refractivity contribution in [1.29, 1.82) is 0 Å². The van der Waals surface area contributed by atoms with Crippen molar-refractivity contribution < 1.29 is 24.8 Å². The van der Waals surface area contributed by atoms with Crippen LogP contribution in [0.2, 0.25) is 0 Å². The van der Waals surface area contributed by atoms with Gasteiger partial charge in [0.2, 0.25) is 0 Å². The smallest absolute Gasteiger partial charge is 0.183 e. The molecule has 0 aliphatic carbocycles. The first-order chi connectivity index (χ1) is 5.57. The van der Waals surface area contributed by atoms with Crippen LogP contribution in [-0.2, 0) is 9.47 Å². The molecule has 1 aliphatic rings. The van der Waals surface area contributed by atoms with Gasteiger partial charge in [-0.3, -0.25) is 0 Å². The van der Waals surface area contributed by atoms with Gasteiger partial charge in [-0.05, 0) is 6.92 Å². The summed E-state index contributed by atoms with van der Waals surface area (Å²) in [5.41, 5.74) is 0. The summed E-state index contributed by atoms with van der Waals surface area (Å²) in [6, 6.07) is 0. The summed E-state index contributed by atoms with van der Waals surface area (Å²) < 4.78 is 9.63. The maximum Gasteiger partial charge on any atom is 0.183 e. The Bertz CT molecular complexity index is 137. The van der Waals surface area contributed by atoms with Crippen molar-refractivity contribution in [2.24, 2.45) is 0 Å². The zero-order chi connectivity index (χ0) is 9.30. The minimum atomic E-state index is -1.28. The molecule has 1 fully saturated rings. The fourth-order valence-electron chi connectivity index (χ4n) is 1.29. The molecule has 1 heterocycles. The van der Waals surface area contributed by atoms with Gasteiger partial charge in [-0.15, -0.1) is 0 Å². The highest BCUT2D eigenvalue weighted by Gasteiger charge is 2.42. The molecule has 1 aliphatic heterocycles. The van der Waals surface area contributed by atoms with Crippen LogP contribution < -0.4 is 0 Å². The van der Waals surface area contributed by atoms with Crippen LogP contribution in [-0.4, -0.2) is 53.1 Å². The van der Waals surface area contributed by atoms with Crippen molar-refractivity contribution >= 4 is 0 Å². The third-order valence-electron chi connectivity index (χ3n) is 2.07. The Balaban J connectivity index is 2.67. The lowest BCUT2D eigenvalue weighted by Crippen LogP contribution is -2.57. The monoisotopic (exact) mass is 178 g/mol. The van der Waals surface area contributed by atoms with E-state index in [1.807, 2.05) is 0 Å². The number of hydrogen-bond donors (Lipinski definition) is 3. The summed E-state index contributed by atoms with van der Waals surface area (Å²) in [7, 11) is 1.36. The van der Waals surface area contributed by atoms with E-state index < -0.39 is 30.7 Å². The quantitative estimate of drug-likeness (QED) is 0.453. The van der Waals surface area contributed by atoms with Crippen LogP contribution in [0.15, 0.2) is 0 Å². The van der Waals surface area contributed by atoms with Gasteiger partial charge in [0.1, 0.15) is 18.3 Å². The fourth-order valence-corrected chi connectivity index (χ4v) is 1.29. The molecule has 72 valence electrons. The van der Waals surface area contributed by atoms with Crippen molar-refractivity contribution in [3.05, 3.63) is 0 Å². The molecule has 0 aromatic heterocycles. The summed E-state index contributed by atoms with van der Waals surface area (Å²) in [6.45, 7) is 1.60. The molecule has 0 saturated carbocycles. The minimum Gasteiger partial charge on any atom is -0.388 e. The Hall–Kier alpha value is -0.200. The lowest BCUT2D eigenvalue weighted by Gasteiger charge is -2.38. The highest BCUT2D eigenvalue weighted by molar-refractivity contribution is 4.87. The molecule has 0 amide bonds. The Kier molecular flexibility index (Phi) is 3.03. The molecule has 0 spiro atoms. The SMILES string of the molecule is CO[C@@H]1[C@H](O)[C@H](C)O[C@H](O)[C@H]1O. The number of aliphatic hydroxyl groups is 3. The first-order valence-electron chi connectivity index (χ1n) is 3.80. The van der Waals surface area contributed by atoms with Gasteiger partial charge in [0.15, 0.2) is 6.29 Å². The molecule has 5 nitrogen and oxygen atoms in total. The molecule has 1 rings (SSSR count). The molecular weight excluding hydrogens is 164 g/mol. The maximum atomic E-state index is 9.40. The lowest BCUT2D eigenvalue weighted by molar-refractivity contribution is -0.282. The largest absolute Gasteiger partial charge is 0.388 e. The normalized spacial score (nSPS) is 49.2. The third-order valence-corrected chi connectivity index (χ3v) is 2.07. The summed E-state index contributed by atoms with van der Waals surface area (Å²) >= 11 is 0. The van der Waals surface area contributed by atoms with Crippen LogP contribution in [0.25, 0.3) is 0 Å². The van der Waals surface area contributed by atoms with E-state index in [1.54, 1.807) is 6.92 Å². The molecule has 0 unspecified atom stereocenters. The first kappa shape index (κ1) is 9.88. The molecule has 12 heavy (non-hydrogen) atoms. The number of ether oxygens (including phenoxy) is 2. The Morgan fingerprint density at radius 2 is 1.75 bits per heavy atom. The second-order valence-electron chi connectivity index (χ2n) is 2.91. The van der Waals surface area contributed by atoms with Crippen LogP contribution in [0, 0.1) is 0 Å². The van der Waals surface area contributed by atoms with E-state index in [4.69, 9.17) is 14.6 Å². The van der Waals surface area contributed by atoms with E-state index in [0.29, 0.717) is 0 Å². The summed E-state index contributed by atoms with van der Waals surface area (Å²) in [6.07, 6.45) is -4.71. The molecule has 0 aromatic rings. The summed E-state index contributed by atoms with van der Waals surface area (Å²) in [5, 5.41) is 27.8. The van der Waals surface area contributed by atoms with E-state index in [9.17, 15) is 10.2 Å². The van der Waals surface area contributed by atoms with Gasteiger partial charge in [-0.2, -0.15) is 0 Å². The van der Waals surface area contributed by atoms with Crippen LogP contribution >= 0.6 is 0 Å². The Morgan fingerprint density at radius 1 is 1.17 bits per heavy atom. The minimum absolute atomic E-state index is 0.534. The molecule has 0 aromatic carbocycles. The zero-order valence-electron chi connectivity index (χ0n) is 7.04. The number of methoxy groups -OCH3 is 1. The van der Waals surface area contributed by atoms with Crippen LogP contribution in [0.4, 0.5) is 0 Å². The van der Waals surface area contributed by atoms with Crippen molar-refractivity contribution in [2.45, 2.75) is 37.6 Å². The molecule has 1 saturated heterocycles. The van der Waals surface area contributed by atoms with Crippen molar-refractivity contribution in [3.8, 4) is 0 Å². The molecule has 0 bridgehead atoms. The van der Waals surface area contributed by atoms with Gasteiger partial charge >= 0.3 is 0 Å². The van der Waals surface area contributed by atoms with E-state index in [0.717, 1.165) is 0 Å². The van der Waals surface area contributed by atoms with E-state index >= 15 is 0 Å². The van der Waals surface area contributed by atoms with Crippen LogP contribution in [0.5, 0.6) is 0 Å². The lowest BCUT2D eigenvalue weighted by atomic mass is 10.00. The van der Waals surface area contributed by atoms with E-state index in [-0.39, 0.29) is 0 Å². The van der Waals surface area contributed by atoms with E-state index in [2.05, 4.69) is 0 Å². The Labute approximate surface area is 70.5 Å². The highest BCUT2D eigenvalue weighted by atomic mass is 16.6. The van der Waals surface area contributed by atoms with Gasteiger partial charge in [-0.25, -0.2) is 0 Å². The molecule has 0 radical (unpaired) electrons. The van der Waals surface area contributed by atoms with Crippen molar-refractivity contribution in [1.82, 2.24) is 0 Å². The number of aliphatic hydroxyl groups excluding tert-OH is 3. The number of rotatable bonds is 1. The zero-order valence-corrected chi connectivity index (χ0v) is 7.04. The van der Waals surface area contributed by atoms with Crippen LogP contribution in [0.1, 0.15) is 6.92 Å². The van der Waals surface area contributed by atoms with Gasteiger partial charge in [-0.1, -0.05) is 0 Å². The first-order valence-corrected chi connectivity index (χ1v) is 3.80. The molecule has 5 atom stereocenters. The molecule has 3 N–H and O–H groups in total. The van der Waals surface area contributed by atoms with Gasteiger partial charge in [0, 0.05) is 7.11 Å². The standard InChI is InChI=1S/C7H14O5/c1-3-4(8)6(11-2)5(9)7(10)12-3/h3-10H,1-2H3/t3-,4+,5-,6+,7-/m0/s1. The molecular formula is C7H14O5.